The third kappa shape index (κ3) is 1.91. The second kappa shape index (κ2) is 4.19. The summed E-state index contributed by atoms with van der Waals surface area (Å²) in [5.41, 5.74) is 0. The van der Waals surface area contributed by atoms with Gasteiger partial charge in [-0.15, -0.1) is 0 Å². The molecule has 1 aliphatic heterocycles. The standard InChI is InChI=1S/C10H13FN2O3/c11-7-8(14)12-10(16)13(9(7)15)5-4-6-2-1-3-6/h6-7H,1-5H2,(H,12,14,16). The van der Waals surface area contributed by atoms with Crippen LogP contribution in [0.25, 0.3) is 0 Å². The molecule has 0 aromatic rings. The lowest BCUT2D eigenvalue weighted by molar-refractivity contribution is -0.144. The highest BCUT2D eigenvalue weighted by molar-refractivity contribution is 6.17. The van der Waals surface area contributed by atoms with E-state index in [1.165, 1.54) is 6.42 Å². The molecular weight excluding hydrogens is 215 g/mol. The molecule has 88 valence electrons. The number of halogens is 1. The Hall–Kier alpha value is -1.46. The van der Waals surface area contributed by atoms with Gasteiger partial charge in [-0.3, -0.25) is 19.8 Å². The molecule has 1 saturated heterocycles. The molecule has 2 rings (SSSR count). The van der Waals surface area contributed by atoms with E-state index in [-0.39, 0.29) is 6.54 Å². The number of alkyl halides is 1. The van der Waals surface area contributed by atoms with E-state index < -0.39 is 24.0 Å². The highest BCUT2D eigenvalue weighted by Gasteiger charge is 2.40. The second-order valence-electron chi connectivity index (χ2n) is 4.23. The minimum absolute atomic E-state index is 0.197. The van der Waals surface area contributed by atoms with Gasteiger partial charge in [0.25, 0.3) is 18.0 Å². The van der Waals surface area contributed by atoms with Crippen molar-refractivity contribution in [3.63, 3.8) is 0 Å². The molecule has 1 N–H and O–H groups in total. The van der Waals surface area contributed by atoms with Gasteiger partial charge >= 0.3 is 6.03 Å². The van der Waals surface area contributed by atoms with Gasteiger partial charge in [0.2, 0.25) is 0 Å². The summed E-state index contributed by atoms with van der Waals surface area (Å²) >= 11 is 0. The summed E-state index contributed by atoms with van der Waals surface area (Å²) in [7, 11) is 0. The zero-order chi connectivity index (χ0) is 11.7. The second-order valence-corrected chi connectivity index (χ2v) is 4.23. The number of hydrogen-bond acceptors (Lipinski definition) is 3. The van der Waals surface area contributed by atoms with Gasteiger partial charge in [-0.2, -0.15) is 0 Å². The number of urea groups is 1. The van der Waals surface area contributed by atoms with Gasteiger partial charge in [-0.05, 0) is 12.3 Å². The summed E-state index contributed by atoms with van der Waals surface area (Å²) in [6.07, 6.45) is 1.83. The molecule has 0 aromatic heterocycles. The van der Waals surface area contributed by atoms with Crippen molar-refractivity contribution in [1.82, 2.24) is 10.2 Å². The van der Waals surface area contributed by atoms with E-state index in [1.807, 2.05) is 5.32 Å². The van der Waals surface area contributed by atoms with Crippen molar-refractivity contribution in [3.8, 4) is 0 Å². The average Bonchev–Trinajstić information content (AvgIpc) is 2.17. The number of nitrogens with zero attached hydrogens (tertiary/aromatic N) is 1. The van der Waals surface area contributed by atoms with E-state index in [9.17, 15) is 18.8 Å². The van der Waals surface area contributed by atoms with E-state index in [0.29, 0.717) is 12.3 Å². The first-order chi connectivity index (χ1) is 7.59. The molecule has 1 unspecified atom stereocenters. The van der Waals surface area contributed by atoms with Crippen molar-refractivity contribution < 1.29 is 18.8 Å². The third-order valence-corrected chi connectivity index (χ3v) is 3.17. The van der Waals surface area contributed by atoms with Crippen molar-refractivity contribution in [1.29, 1.82) is 0 Å². The van der Waals surface area contributed by atoms with E-state index in [2.05, 4.69) is 0 Å². The van der Waals surface area contributed by atoms with E-state index in [4.69, 9.17) is 0 Å². The Kier molecular flexibility index (Phi) is 2.89. The summed E-state index contributed by atoms with van der Waals surface area (Å²) in [5, 5.41) is 1.82. The Morgan fingerprint density at radius 2 is 2.00 bits per heavy atom. The van der Waals surface area contributed by atoms with Crippen LogP contribution in [0.4, 0.5) is 9.18 Å². The first-order valence-electron chi connectivity index (χ1n) is 5.40. The maximum Gasteiger partial charge on any atom is 0.330 e. The lowest BCUT2D eigenvalue weighted by atomic mass is 9.83. The Labute approximate surface area is 92.0 Å². The number of nitrogens with one attached hydrogen (secondary N) is 1. The number of imide groups is 2. The predicted octanol–water partition coefficient (Wildman–Crippen LogP) is 0.593. The molecule has 16 heavy (non-hydrogen) atoms. The molecule has 2 fully saturated rings. The van der Waals surface area contributed by atoms with Crippen molar-refractivity contribution >= 4 is 17.8 Å². The minimum Gasteiger partial charge on any atom is -0.275 e. The molecule has 0 bridgehead atoms. The van der Waals surface area contributed by atoms with Crippen LogP contribution in [0.1, 0.15) is 25.7 Å². The third-order valence-electron chi connectivity index (χ3n) is 3.17. The summed E-state index contributed by atoms with van der Waals surface area (Å²) in [5.74, 6) is -1.67. The molecule has 5 nitrogen and oxygen atoms in total. The first kappa shape index (κ1) is 11.0. The number of amides is 4. The van der Waals surface area contributed by atoms with Gasteiger partial charge in [-0.25, -0.2) is 9.18 Å². The molecule has 4 amide bonds. The molecule has 1 saturated carbocycles. The molecular formula is C10H13FN2O3. The Morgan fingerprint density at radius 1 is 1.31 bits per heavy atom. The highest BCUT2D eigenvalue weighted by atomic mass is 19.1. The summed E-state index contributed by atoms with van der Waals surface area (Å²) in [4.78, 5) is 34.2. The number of barbiturate groups is 1. The molecule has 2 aliphatic rings. The van der Waals surface area contributed by atoms with Crippen LogP contribution < -0.4 is 5.32 Å². The van der Waals surface area contributed by atoms with Gasteiger partial charge < -0.3 is 0 Å². The van der Waals surface area contributed by atoms with Gasteiger partial charge in [-0.1, -0.05) is 19.3 Å². The fraction of sp³-hybridized carbons (Fsp3) is 0.700. The largest absolute Gasteiger partial charge is 0.330 e. The summed E-state index contributed by atoms with van der Waals surface area (Å²) in [6, 6.07) is -0.803. The first-order valence-corrected chi connectivity index (χ1v) is 5.40. The van der Waals surface area contributed by atoms with Gasteiger partial charge in [0.15, 0.2) is 0 Å². The van der Waals surface area contributed by atoms with Crippen LogP contribution in [0, 0.1) is 5.92 Å². The van der Waals surface area contributed by atoms with Crippen molar-refractivity contribution in [2.45, 2.75) is 31.9 Å². The van der Waals surface area contributed by atoms with Crippen molar-refractivity contribution in [2.75, 3.05) is 6.54 Å². The maximum absolute atomic E-state index is 13.1. The average molecular weight is 228 g/mol. The zero-order valence-electron chi connectivity index (χ0n) is 8.74. The van der Waals surface area contributed by atoms with Crippen molar-refractivity contribution in [3.05, 3.63) is 0 Å². The number of rotatable bonds is 3. The topological polar surface area (TPSA) is 66.5 Å². The van der Waals surface area contributed by atoms with E-state index >= 15 is 0 Å². The van der Waals surface area contributed by atoms with Crippen LogP contribution in [-0.4, -0.2) is 35.5 Å². The van der Waals surface area contributed by atoms with Crippen LogP contribution in [0.2, 0.25) is 0 Å². The van der Waals surface area contributed by atoms with Crippen LogP contribution in [0.3, 0.4) is 0 Å². The molecule has 0 radical (unpaired) electrons. The number of carbonyl (C=O) groups excluding carboxylic acids is 3. The van der Waals surface area contributed by atoms with Crippen LogP contribution in [-0.2, 0) is 9.59 Å². The molecule has 0 spiro atoms. The zero-order valence-corrected chi connectivity index (χ0v) is 8.74. The van der Waals surface area contributed by atoms with Gasteiger partial charge in [0.05, 0.1) is 0 Å². The molecule has 6 heteroatoms. The predicted molar refractivity (Wildman–Crippen MR) is 52.1 cm³/mol. The lowest BCUT2D eigenvalue weighted by Gasteiger charge is -2.30. The van der Waals surface area contributed by atoms with E-state index in [1.54, 1.807) is 0 Å². The smallest absolute Gasteiger partial charge is 0.275 e. The normalized spacial score (nSPS) is 26.7. The van der Waals surface area contributed by atoms with Crippen LogP contribution >= 0.6 is 0 Å². The molecule has 1 atom stereocenters. The van der Waals surface area contributed by atoms with E-state index in [0.717, 1.165) is 17.7 Å². The molecule has 0 aromatic carbocycles. The lowest BCUT2D eigenvalue weighted by Crippen LogP contribution is -2.59. The van der Waals surface area contributed by atoms with Gasteiger partial charge in [0.1, 0.15) is 0 Å². The summed E-state index contributed by atoms with van der Waals surface area (Å²) in [6.45, 7) is 0.197. The Bertz CT molecular complexity index is 341. The fourth-order valence-corrected chi connectivity index (χ4v) is 1.89. The van der Waals surface area contributed by atoms with Gasteiger partial charge in [0, 0.05) is 6.54 Å². The monoisotopic (exact) mass is 228 g/mol. The fourth-order valence-electron chi connectivity index (χ4n) is 1.89. The summed E-state index contributed by atoms with van der Waals surface area (Å²) < 4.78 is 13.1. The quantitative estimate of drug-likeness (QED) is 0.719. The Morgan fingerprint density at radius 3 is 2.56 bits per heavy atom. The number of hydrogen-bond donors (Lipinski definition) is 1. The SMILES string of the molecule is O=C1NC(=O)N(CCC2CCC2)C(=O)C1F. The maximum atomic E-state index is 13.1. The molecule has 1 heterocycles. The minimum atomic E-state index is -2.24. The highest BCUT2D eigenvalue weighted by Crippen LogP contribution is 2.29. The Balaban J connectivity index is 1.93. The van der Waals surface area contributed by atoms with Crippen LogP contribution in [0.5, 0.6) is 0 Å². The van der Waals surface area contributed by atoms with Crippen molar-refractivity contribution in [2.24, 2.45) is 5.92 Å². The number of carbonyl (C=O) groups is 3. The van der Waals surface area contributed by atoms with Crippen LogP contribution in [0.15, 0.2) is 0 Å². The molecule has 1 aliphatic carbocycles.